The molecule has 0 fully saturated rings. The molecule has 0 radical (unpaired) electrons. The van der Waals surface area contributed by atoms with Crippen LogP contribution in [0.5, 0.6) is 0 Å². The fraction of sp³-hybridized carbons (Fsp3) is 0.429. The van der Waals surface area contributed by atoms with Crippen molar-refractivity contribution in [2.24, 2.45) is 4.99 Å². The van der Waals surface area contributed by atoms with Crippen molar-refractivity contribution in [3.8, 4) is 0 Å². The third kappa shape index (κ3) is 5.73. The largest absolute Gasteiger partial charge is 0.354 e. The zero-order chi connectivity index (χ0) is 15.2. The summed E-state index contributed by atoms with van der Waals surface area (Å²) in [5.74, 6) is 0.792. The molecule has 2 aromatic rings. The van der Waals surface area contributed by atoms with Gasteiger partial charge in [-0.1, -0.05) is 0 Å². The lowest BCUT2D eigenvalue weighted by Gasteiger charge is -2.10. The Morgan fingerprint density at radius 1 is 1.27 bits per heavy atom. The minimum atomic E-state index is 0. The van der Waals surface area contributed by atoms with Crippen LogP contribution in [0.25, 0.3) is 0 Å². The Labute approximate surface area is 156 Å². The van der Waals surface area contributed by atoms with E-state index >= 15 is 0 Å². The van der Waals surface area contributed by atoms with Crippen molar-refractivity contribution >= 4 is 57.7 Å². The highest BCUT2D eigenvalue weighted by atomic mass is 127. The zero-order valence-corrected chi connectivity index (χ0v) is 17.2. The first kappa shape index (κ1) is 19.2. The van der Waals surface area contributed by atoms with Gasteiger partial charge >= 0.3 is 0 Å². The van der Waals surface area contributed by atoms with E-state index in [2.05, 4.69) is 45.0 Å². The van der Waals surface area contributed by atoms with Gasteiger partial charge in [-0.05, 0) is 19.1 Å². The highest BCUT2D eigenvalue weighted by Crippen LogP contribution is 2.17. The van der Waals surface area contributed by atoms with E-state index in [0.29, 0.717) is 6.54 Å². The van der Waals surface area contributed by atoms with Crippen LogP contribution >= 0.6 is 46.7 Å². The first-order valence-corrected chi connectivity index (χ1v) is 8.39. The number of aryl methyl sites for hydroxylation is 1. The van der Waals surface area contributed by atoms with E-state index in [4.69, 9.17) is 0 Å². The first-order chi connectivity index (χ1) is 10.1. The molecule has 5 nitrogen and oxygen atoms in total. The summed E-state index contributed by atoms with van der Waals surface area (Å²) < 4.78 is 0. The fourth-order valence-electron chi connectivity index (χ4n) is 1.73. The Hall–Kier alpha value is -0.870. The number of nitrogens with zero attached hydrogens (tertiary/aromatic N) is 3. The van der Waals surface area contributed by atoms with Crippen molar-refractivity contribution in [1.29, 1.82) is 0 Å². The SMILES string of the molecule is CN=C(NCc1csc(N(C)C)n1)NCc1ccc(C)s1.I. The molecule has 0 bridgehead atoms. The fourth-order valence-corrected chi connectivity index (χ4v) is 3.32. The molecule has 22 heavy (non-hydrogen) atoms. The maximum Gasteiger partial charge on any atom is 0.191 e. The molecule has 2 N–H and O–H groups in total. The second-order valence-electron chi connectivity index (χ2n) is 4.81. The summed E-state index contributed by atoms with van der Waals surface area (Å²) in [6.45, 7) is 3.58. The molecule has 122 valence electrons. The third-order valence-corrected chi connectivity index (χ3v) is 4.87. The van der Waals surface area contributed by atoms with Crippen LogP contribution in [0.15, 0.2) is 22.5 Å². The normalized spacial score (nSPS) is 11.0. The molecule has 0 aromatic carbocycles. The number of nitrogens with one attached hydrogen (secondary N) is 2. The number of aromatic nitrogens is 1. The summed E-state index contributed by atoms with van der Waals surface area (Å²) >= 11 is 3.45. The minimum absolute atomic E-state index is 0. The van der Waals surface area contributed by atoms with Gasteiger partial charge < -0.3 is 15.5 Å². The molecule has 2 heterocycles. The van der Waals surface area contributed by atoms with E-state index in [0.717, 1.165) is 23.3 Å². The quantitative estimate of drug-likeness (QED) is 0.417. The molecular weight excluding hydrogens is 429 g/mol. The van der Waals surface area contributed by atoms with Crippen LogP contribution in [0, 0.1) is 6.92 Å². The van der Waals surface area contributed by atoms with Crippen molar-refractivity contribution in [1.82, 2.24) is 15.6 Å². The van der Waals surface area contributed by atoms with Crippen LogP contribution in [-0.4, -0.2) is 32.1 Å². The van der Waals surface area contributed by atoms with Gasteiger partial charge in [0, 0.05) is 36.3 Å². The van der Waals surface area contributed by atoms with Gasteiger partial charge in [0.15, 0.2) is 11.1 Å². The summed E-state index contributed by atoms with van der Waals surface area (Å²) in [6, 6.07) is 4.28. The lowest BCUT2D eigenvalue weighted by molar-refractivity contribution is 0.802. The molecule has 0 spiro atoms. The van der Waals surface area contributed by atoms with Crippen LogP contribution in [0.4, 0.5) is 5.13 Å². The molecule has 0 amide bonds. The lowest BCUT2D eigenvalue weighted by atomic mass is 10.4. The van der Waals surface area contributed by atoms with Crippen molar-refractivity contribution < 1.29 is 0 Å². The number of thiophene rings is 1. The Bertz CT molecular complexity index is 606. The van der Waals surface area contributed by atoms with Crippen LogP contribution < -0.4 is 15.5 Å². The van der Waals surface area contributed by atoms with Gasteiger partial charge in [-0.3, -0.25) is 4.99 Å². The maximum absolute atomic E-state index is 4.54. The maximum atomic E-state index is 4.54. The summed E-state index contributed by atoms with van der Waals surface area (Å²) in [6.07, 6.45) is 0. The predicted molar refractivity (Wildman–Crippen MR) is 108 cm³/mol. The molecule has 0 aliphatic rings. The topological polar surface area (TPSA) is 52.6 Å². The van der Waals surface area contributed by atoms with Gasteiger partial charge in [-0.2, -0.15) is 0 Å². The van der Waals surface area contributed by atoms with E-state index in [-0.39, 0.29) is 24.0 Å². The van der Waals surface area contributed by atoms with E-state index in [1.165, 1.54) is 9.75 Å². The Morgan fingerprint density at radius 2 is 2.00 bits per heavy atom. The van der Waals surface area contributed by atoms with Gasteiger partial charge in [0.2, 0.25) is 0 Å². The Morgan fingerprint density at radius 3 is 2.55 bits per heavy atom. The van der Waals surface area contributed by atoms with Crippen LogP contribution in [0.3, 0.4) is 0 Å². The van der Waals surface area contributed by atoms with Gasteiger partial charge in [0.05, 0.1) is 18.8 Å². The smallest absolute Gasteiger partial charge is 0.191 e. The van der Waals surface area contributed by atoms with E-state index < -0.39 is 0 Å². The highest BCUT2D eigenvalue weighted by Gasteiger charge is 2.05. The van der Waals surface area contributed by atoms with Crippen molar-refractivity contribution in [3.05, 3.63) is 33.0 Å². The minimum Gasteiger partial charge on any atom is -0.354 e. The molecular formula is C14H22IN5S2. The monoisotopic (exact) mass is 451 g/mol. The Kier molecular flexibility index (Phi) is 8.12. The number of anilines is 1. The summed E-state index contributed by atoms with van der Waals surface area (Å²) in [5.41, 5.74) is 1.03. The average Bonchev–Trinajstić information content (AvgIpc) is 3.08. The molecule has 2 rings (SSSR count). The molecule has 0 aliphatic carbocycles. The van der Waals surface area contributed by atoms with Crippen LogP contribution in [-0.2, 0) is 13.1 Å². The molecule has 0 saturated heterocycles. The lowest BCUT2D eigenvalue weighted by Crippen LogP contribution is -2.36. The number of aliphatic imine (C=N–C) groups is 1. The number of thiazole rings is 1. The molecule has 8 heteroatoms. The summed E-state index contributed by atoms with van der Waals surface area (Å²) in [4.78, 5) is 13.4. The van der Waals surface area contributed by atoms with Crippen LogP contribution in [0.1, 0.15) is 15.4 Å². The van der Waals surface area contributed by atoms with Gasteiger partial charge in [-0.15, -0.1) is 46.7 Å². The van der Waals surface area contributed by atoms with Crippen LogP contribution in [0.2, 0.25) is 0 Å². The second kappa shape index (κ2) is 9.31. The van der Waals surface area contributed by atoms with E-state index in [9.17, 15) is 0 Å². The second-order valence-corrected chi connectivity index (χ2v) is 7.02. The zero-order valence-electron chi connectivity index (χ0n) is 13.2. The number of hydrogen-bond donors (Lipinski definition) is 2. The van der Waals surface area contributed by atoms with Gasteiger partial charge in [0.1, 0.15) is 0 Å². The van der Waals surface area contributed by atoms with E-state index in [1.807, 2.05) is 19.0 Å². The summed E-state index contributed by atoms with van der Waals surface area (Å²) in [7, 11) is 5.78. The predicted octanol–water partition coefficient (Wildman–Crippen LogP) is 3.06. The molecule has 2 aromatic heterocycles. The Balaban J connectivity index is 0.00000242. The number of hydrogen-bond acceptors (Lipinski definition) is 5. The summed E-state index contributed by atoms with van der Waals surface area (Å²) in [5, 5.41) is 9.68. The molecule has 0 unspecified atom stereocenters. The van der Waals surface area contributed by atoms with E-state index in [1.54, 1.807) is 29.7 Å². The van der Waals surface area contributed by atoms with Crippen molar-refractivity contribution in [3.63, 3.8) is 0 Å². The number of rotatable bonds is 5. The number of halogens is 1. The molecule has 0 saturated carbocycles. The van der Waals surface area contributed by atoms with Gasteiger partial charge in [0.25, 0.3) is 0 Å². The standard InChI is InChI=1S/C14H21N5S2.HI/c1-10-5-6-12(21-10)8-17-13(15-2)16-7-11-9-20-14(18-11)19(3)4;/h5-6,9H,7-8H2,1-4H3,(H2,15,16,17);1H. The van der Waals surface area contributed by atoms with Crippen molar-refractivity contribution in [2.45, 2.75) is 20.0 Å². The van der Waals surface area contributed by atoms with Crippen molar-refractivity contribution in [2.75, 3.05) is 26.0 Å². The third-order valence-electron chi connectivity index (χ3n) is 2.81. The first-order valence-electron chi connectivity index (χ1n) is 6.70. The molecule has 0 atom stereocenters. The van der Waals surface area contributed by atoms with Gasteiger partial charge in [-0.25, -0.2) is 4.98 Å². The average molecular weight is 451 g/mol. The molecule has 0 aliphatic heterocycles. The highest BCUT2D eigenvalue weighted by molar-refractivity contribution is 14.0. The number of guanidine groups is 1.